The molecule has 0 saturated heterocycles. The Hall–Kier alpha value is 0.946. The number of hydrogen-bond donors (Lipinski definition) is 0. The Morgan fingerprint density at radius 1 is 1.00 bits per heavy atom. The minimum Gasteiger partial charge on any atom is 0 e. The molecule has 0 N–H and O–H groups in total. The minimum atomic E-state index is -4.69. The molecule has 5 heteroatoms. The van der Waals surface area contributed by atoms with Crippen LogP contribution in [0.15, 0.2) is 0 Å². The summed E-state index contributed by atoms with van der Waals surface area (Å²) in [6.45, 7) is 0. The van der Waals surface area contributed by atoms with Gasteiger partial charge in [0, 0.05) is 18.9 Å². The molecule has 0 aliphatic heterocycles. The van der Waals surface area contributed by atoms with Crippen LogP contribution in [0.3, 0.4) is 0 Å². The van der Waals surface area contributed by atoms with Crippen LogP contribution in [-0.4, -0.2) is 34.9 Å². The Kier molecular flexibility index (Phi) is 9.24. The van der Waals surface area contributed by atoms with E-state index in [2.05, 4.69) is 0 Å². The fraction of sp³-hybridized carbons (Fsp3) is 0. The second kappa shape index (κ2) is 4.95. The summed E-state index contributed by atoms with van der Waals surface area (Å²) >= 11 is -4.69. The quantitative estimate of drug-likeness (QED) is 0.428. The van der Waals surface area contributed by atoms with Crippen molar-refractivity contribution in [3.8, 4) is 0 Å². The van der Waals surface area contributed by atoms with Crippen molar-refractivity contribution >= 4 is 34.9 Å². The summed E-state index contributed by atoms with van der Waals surface area (Å²) in [4.78, 5) is 0. The van der Waals surface area contributed by atoms with Crippen LogP contribution in [0.5, 0.6) is 0 Å². The molecule has 0 aromatic carbocycles. The molecule has 0 atom stereocenters. The van der Waals surface area contributed by atoms with E-state index >= 15 is 0 Å². The van der Waals surface area contributed by atoms with Crippen LogP contribution < -0.4 is 0 Å². The van der Waals surface area contributed by atoms with Gasteiger partial charge in [-0.15, -0.1) is 0 Å². The Bertz CT molecular complexity index is 11.6. The van der Waals surface area contributed by atoms with Gasteiger partial charge in [0.25, 0.3) is 0 Å². The Morgan fingerprint density at radius 3 is 1.00 bits per heavy atom. The fourth-order valence-corrected chi connectivity index (χ4v) is 0. The maximum Gasteiger partial charge on any atom is 0 e. The van der Waals surface area contributed by atoms with E-state index in [1.54, 1.807) is 0 Å². The van der Waals surface area contributed by atoms with E-state index in [-0.39, 0.29) is 18.9 Å². The number of halogens is 3. The summed E-state index contributed by atoms with van der Waals surface area (Å²) in [5.74, 6) is 0. The molecular weight excluding hydrogens is 139 g/mol. The van der Waals surface area contributed by atoms with Gasteiger partial charge >= 0.3 is 26.5 Å². The SMILES string of the molecule is F[As](F)F.[Li]. The van der Waals surface area contributed by atoms with Gasteiger partial charge < -0.3 is 0 Å². The molecule has 0 fully saturated rings. The van der Waals surface area contributed by atoms with Gasteiger partial charge in [-0.05, 0) is 0 Å². The van der Waals surface area contributed by atoms with Crippen molar-refractivity contribution in [1.29, 1.82) is 0 Å². The van der Waals surface area contributed by atoms with E-state index in [4.69, 9.17) is 0 Å². The number of hydrogen-bond acceptors (Lipinski definition) is 0. The second-order valence-electron chi connectivity index (χ2n) is 0.192. The first-order valence-corrected chi connectivity index (χ1v) is 2.63. The molecule has 0 aliphatic rings. The van der Waals surface area contributed by atoms with Gasteiger partial charge in [0.15, 0.2) is 0 Å². The van der Waals surface area contributed by atoms with Gasteiger partial charge in [-0.3, -0.25) is 0 Å². The van der Waals surface area contributed by atoms with Crippen LogP contribution in [0.2, 0.25) is 0 Å². The van der Waals surface area contributed by atoms with E-state index < -0.39 is 16.1 Å². The van der Waals surface area contributed by atoms with Crippen molar-refractivity contribution in [2.75, 3.05) is 0 Å². The molecular formula is AsF3Li. The molecule has 1 radical (unpaired) electrons. The third-order valence-corrected chi connectivity index (χ3v) is 0. The predicted octanol–water partition coefficient (Wildman–Crippen LogP) is 0.499. The first-order chi connectivity index (χ1) is 1.73. The minimum absolute atomic E-state index is 0. The zero-order valence-corrected chi connectivity index (χ0v) is 4.46. The van der Waals surface area contributed by atoms with Crippen LogP contribution in [0.25, 0.3) is 0 Å². The zero-order valence-electron chi connectivity index (χ0n) is 2.58. The maximum atomic E-state index is 9.81. The summed E-state index contributed by atoms with van der Waals surface area (Å²) in [5, 5.41) is 0. The summed E-state index contributed by atoms with van der Waals surface area (Å²) in [6.07, 6.45) is 0. The fourth-order valence-electron chi connectivity index (χ4n) is 0. The Labute approximate surface area is 45.7 Å². The average Bonchev–Trinajstić information content (AvgIpc) is 0.811. The molecule has 0 amide bonds. The standard InChI is InChI=1S/AsF3.Li/c2-1(3)4;. The maximum absolute atomic E-state index is 9.81. The summed E-state index contributed by atoms with van der Waals surface area (Å²) in [5.41, 5.74) is 0. The van der Waals surface area contributed by atoms with Crippen LogP contribution in [0.4, 0.5) is 10.4 Å². The van der Waals surface area contributed by atoms with Crippen LogP contribution in [0.1, 0.15) is 0 Å². The molecule has 0 rings (SSSR count). The molecule has 0 unspecified atom stereocenters. The van der Waals surface area contributed by atoms with Crippen molar-refractivity contribution in [1.82, 2.24) is 0 Å². The molecule has 0 bridgehead atoms. The monoisotopic (exact) mass is 139 g/mol. The topological polar surface area (TPSA) is 0 Å². The van der Waals surface area contributed by atoms with Gasteiger partial charge in [0.1, 0.15) is 0 Å². The van der Waals surface area contributed by atoms with Crippen molar-refractivity contribution in [3.05, 3.63) is 0 Å². The molecule has 0 nitrogen and oxygen atoms in total. The van der Waals surface area contributed by atoms with Gasteiger partial charge in [0.2, 0.25) is 0 Å². The van der Waals surface area contributed by atoms with Gasteiger partial charge in [-0.2, -0.15) is 0 Å². The zero-order chi connectivity index (χ0) is 3.58. The molecule has 0 aliphatic carbocycles. The molecule has 0 spiro atoms. The first-order valence-electron chi connectivity index (χ1n) is 0.507. The van der Waals surface area contributed by atoms with Gasteiger partial charge in [0.05, 0.1) is 0 Å². The number of rotatable bonds is 0. The van der Waals surface area contributed by atoms with Crippen molar-refractivity contribution in [2.24, 2.45) is 0 Å². The van der Waals surface area contributed by atoms with Crippen LogP contribution in [-0.2, 0) is 0 Å². The summed E-state index contributed by atoms with van der Waals surface area (Å²) in [7, 11) is 0. The molecule has 27 valence electrons. The average molecular weight is 139 g/mol. The predicted molar refractivity (Wildman–Crippen MR) is 14.8 cm³/mol. The second-order valence-corrected chi connectivity index (χ2v) is 0.996. The van der Waals surface area contributed by atoms with Crippen LogP contribution in [0, 0.1) is 0 Å². The molecule has 0 heterocycles. The molecule has 5 heavy (non-hydrogen) atoms. The van der Waals surface area contributed by atoms with Crippen molar-refractivity contribution in [3.63, 3.8) is 0 Å². The Morgan fingerprint density at radius 2 is 1.00 bits per heavy atom. The third-order valence-electron chi connectivity index (χ3n) is 0. The first kappa shape index (κ1) is 9.34. The largest absolute Gasteiger partial charge is 0 e. The molecule has 0 aromatic rings. The van der Waals surface area contributed by atoms with Crippen molar-refractivity contribution in [2.45, 2.75) is 0 Å². The van der Waals surface area contributed by atoms with Crippen molar-refractivity contribution < 1.29 is 10.4 Å². The smallest absolute Gasteiger partial charge is 0 e. The van der Waals surface area contributed by atoms with Gasteiger partial charge in [-0.25, -0.2) is 0 Å². The van der Waals surface area contributed by atoms with E-state index in [9.17, 15) is 10.4 Å². The summed E-state index contributed by atoms with van der Waals surface area (Å²) < 4.78 is 29.4. The van der Waals surface area contributed by atoms with E-state index in [0.29, 0.717) is 0 Å². The third kappa shape index (κ3) is 48.0. The van der Waals surface area contributed by atoms with Crippen LogP contribution >= 0.6 is 0 Å². The van der Waals surface area contributed by atoms with E-state index in [1.165, 1.54) is 0 Å². The van der Waals surface area contributed by atoms with E-state index in [0.717, 1.165) is 0 Å². The Balaban J connectivity index is 0. The van der Waals surface area contributed by atoms with Gasteiger partial charge in [-0.1, -0.05) is 0 Å². The van der Waals surface area contributed by atoms with E-state index in [1.807, 2.05) is 0 Å². The molecule has 0 saturated carbocycles. The molecule has 0 aromatic heterocycles. The normalized spacial score (nSPS) is 7.20. The summed E-state index contributed by atoms with van der Waals surface area (Å²) in [6, 6.07) is 0.